The van der Waals surface area contributed by atoms with Crippen molar-refractivity contribution in [3.63, 3.8) is 0 Å². The van der Waals surface area contributed by atoms with Crippen LogP contribution >= 0.6 is 0 Å². The molecule has 0 saturated carbocycles. The largest absolute Gasteiger partial charge is 0.324 e. The van der Waals surface area contributed by atoms with Crippen molar-refractivity contribution in [2.75, 3.05) is 33.4 Å². The summed E-state index contributed by atoms with van der Waals surface area (Å²) in [5, 5.41) is 0. The predicted molar refractivity (Wildman–Crippen MR) is 108 cm³/mol. The molecule has 24 heavy (non-hydrogen) atoms. The number of hydrogen-bond acceptors (Lipinski definition) is 1. The summed E-state index contributed by atoms with van der Waals surface area (Å²) in [7, 11) is 2.31. The molecule has 0 aromatic heterocycles. The van der Waals surface area contributed by atoms with Crippen molar-refractivity contribution in [1.82, 2.24) is 4.90 Å². The third-order valence-electron chi connectivity index (χ3n) is 5.68. The highest BCUT2D eigenvalue weighted by Gasteiger charge is 2.18. The second-order valence-corrected chi connectivity index (χ2v) is 8.29. The Morgan fingerprint density at radius 1 is 0.625 bits per heavy atom. The van der Waals surface area contributed by atoms with E-state index < -0.39 is 0 Å². The molecule has 1 saturated heterocycles. The topological polar surface area (TPSA) is 7.68 Å². The molecule has 2 nitrogen and oxygen atoms in total. The summed E-state index contributed by atoms with van der Waals surface area (Å²) in [5.41, 5.74) is 0. The Kier molecular flexibility index (Phi) is 15.0. The molecule has 1 N–H and O–H groups in total. The van der Waals surface area contributed by atoms with Crippen molar-refractivity contribution >= 4 is 0 Å². The first-order chi connectivity index (χ1) is 11.8. The first kappa shape index (κ1) is 22.0. The first-order valence-corrected chi connectivity index (χ1v) is 11.4. The maximum absolute atomic E-state index is 2.64. The molecule has 0 radical (unpaired) electrons. The van der Waals surface area contributed by atoms with Gasteiger partial charge >= 0.3 is 0 Å². The number of unbranched alkanes of at least 4 members (excludes halogenated alkanes) is 15. The fourth-order valence-electron chi connectivity index (χ4n) is 3.96. The van der Waals surface area contributed by atoms with E-state index in [0.29, 0.717) is 0 Å². The highest BCUT2D eigenvalue weighted by Crippen LogP contribution is 2.13. The minimum atomic E-state index is 1.28. The molecule has 2 heteroatoms. The number of nitrogens with one attached hydrogen (secondary N) is 1. The van der Waals surface area contributed by atoms with Gasteiger partial charge in [0.15, 0.2) is 0 Å². The van der Waals surface area contributed by atoms with Gasteiger partial charge in [-0.1, -0.05) is 103 Å². The Hall–Kier alpha value is -0.0800. The van der Waals surface area contributed by atoms with E-state index in [4.69, 9.17) is 0 Å². The van der Waals surface area contributed by atoms with Crippen LogP contribution in [-0.4, -0.2) is 38.3 Å². The second kappa shape index (κ2) is 16.4. The maximum atomic E-state index is 2.64. The maximum Gasteiger partial charge on any atom is 0.133 e. The van der Waals surface area contributed by atoms with E-state index in [1.807, 2.05) is 0 Å². The second-order valence-electron chi connectivity index (χ2n) is 8.29. The number of quaternary nitrogens is 1. The molecular weight excluding hydrogens is 292 g/mol. The average molecular weight is 340 g/mol. The fraction of sp³-hybridized carbons (Fsp3) is 1.00. The molecule has 144 valence electrons. The van der Waals surface area contributed by atoms with Crippen LogP contribution in [-0.2, 0) is 0 Å². The lowest BCUT2D eigenvalue weighted by Gasteiger charge is -2.12. The monoisotopic (exact) mass is 339 g/mol. The average Bonchev–Trinajstić information content (AvgIpc) is 3.00. The normalized spacial score (nSPS) is 18.5. The van der Waals surface area contributed by atoms with Crippen LogP contribution in [0.15, 0.2) is 0 Å². The Bertz CT molecular complexity index is 254. The zero-order valence-corrected chi connectivity index (χ0v) is 17.1. The summed E-state index contributed by atoms with van der Waals surface area (Å²) < 4.78 is 0. The standard InChI is InChI=1S/C22H46N2/c1-3-4-5-6-7-8-9-10-11-12-13-14-15-16-17-18-19-24-21-20-23(2)22-24/h3-22H2,1-2H3/p+1. The van der Waals surface area contributed by atoms with Crippen LogP contribution < -0.4 is 4.90 Å². The van der Waals surface area contributed by atoms with E-state index in [1.165, 1.54) is 129 Å². The smallest absolute Gasteiger partial charge is 0.133 e. The van der Waals surface area contributed by atoms with Gasteiger partial charge in [0.05, 0.1) is 20.1 Å². The Morgan fingerprint density at radius 3 is 1.42 bits per heavy atom. The lowest BCUT2D eigenvalue weighted by atomic mass is 10.0. The summed E-state index contributed by atoms with van der Waals surface area (Å²) in [6.07, 6.45) is 23.4. The van der Waals surface area contributed by atoms with Crippen LogP contribution in [0.1, 0.15) is 110 Å². The highest BCUT2D eigenvalue weighted by molar-refractivity contribution is 4.57. The third kappa shape index (κ3) is 13.2. The molecule has 1 unspecified atom stereocenters. The Labute approximate surface area is 153 Å². The summed E-state index contributed by atoms with van der Waals surface area (Å²) in [4.78, 5) is 4.32. The van der Waals surface area contributed by atoms with E-state index in [-0.39, 0.29) is 0 Å². The van der Waals surface area contributed by atoms with Crippen LogP contribution in [0.3, 0.4) is 0 Å². The minimum absolute atomic E-state index is 1.28. The zero-order chi connectivity index (χ0) is 17.3. The number of likely N-dealkylation sites (N-methyl/N-ethyl adjacent to an activating group) is 1. The molecule has 1 atom stereocenters. The van der Waals surface area contributed by atoms with Gasteiger partial charge in [-0.15, -0.1) is 0 Å². The van der Waals surface area contributed by atoms with Gasteiger partial charge < -0.3 is 4.90 Å². The predicted octanol–water partition coefficient (Wildman–Crippen LogP) is 5.04. The van der Waals surface area contributed by atoms with Crippen molar-refractivity contribution < 1.29 is 4.90 Å². The molecule has 0 aliphatic carbocycles. The molecule has 0 aromatic carbocycles. The van der Waals surface area contributed by atoms with Crippen LogP contribution in [0, 0.1) is 0 Å². The highest BCUT2D eigenvalue weighted by atomic mass is 15.4. The lowest BCUT2D eigenvalue weighted by molar-refractivity contribution is -0.871. The van der Waals surface area contributed by atoms with Gasteiger partial charge in [0.25, 0.3) is 0 Å². The van der Waals surface area contributed by atoms with Crippen molar-refractivity contribution in [3.05, 3.63) is 0 Å². The van der Waals surface area contributed by atoms with E-state index >= 15 is 0 Å². The number of nitrogens with zero attached hydrogens (tertiary/aromatic N) is 1. The molecule has 0 aromatic rings. The molecule has 1 heterocycles. The molecule has 0 spiro atoms. The van der Waals surface area contributed by atoms with Crippen LogP contribution in [0.4, 0.5) is 0 Å². The summed E-state index contributed by atoms with van der Waals surface area (Å²) in [5.74, 6) is 0. The van der Waals surface area contributed by atoms with E-state index in [9.17, 15) is 0 Å². The van der Waals surface area contributed by atoms with Gasteiger partial charge in [0, 0.05) is 6.54 Å². The lowest BCUT2D eigenvalue weighted by Crippen LogP contribution is -3.07. The summed E-state index contributed by atoms with van der Waals surface area (Å²) in [6, 6.07) is 0. The first-order valence-electron chi connectivity index (χ1n) is 11.4. The molecule has 0 bridgehead atoms. The van der Waals surface area contributed by atoms with Crippen molar-refractivity contribution in [1.29, 1.82) is 0 Å². The van der Waals surface area contributed by atoms with Gasteiger partial charge in [-0.2, -0.15) is 0 Å². The quantitative estimate of drug-likeness (QED) is 0.365. The Balaban J connectivity index is 1.66. The van der Waals surface area contributed by atoms with Gasteiger partial charge in [0.1, 0.15) is 6.67 Å². The van der Waals surface area contributed by atoms with Gasteiger partial charge in [-0.25, -0.2) is 0 Å². The van der Waals surface area contributed by atoms with E-state index in [0.717, 1.165) is 0 Å². The van der Waals surface area contributed by atoms with Crippen LogP contribution in [0.2, 0.25) is 0 Å². The molecule has 1 aliphatic rings. The summed E-state index contributed by atoms with van der Waals surface area (Å²) >= 11 is 0. The number of hydrogen-bond donors (Lipinski definition) is 1. The molecule has 1 fully saturated rings. The van der Waals surface area contributed by atoms with Gasteiger partial charge in [0.2, 0.25) is 0 Å². The Morgan fingerprint density at radius 2 is 1.04 bits per heavy atom. The van der Waals surface area contributed by atoms with Crippen molar-refractivity contribution in [2.45, 2.75) is 110 Å². The fourth-order valence-corrected chi connectivity index (χ4v) is 3.96. The molecular formula is C22H47N2+. The zero-order valence-electron chi connectivity index (χ0n) is 17.1. The summed E-state index contributed by atoms with van der Waals surface area (Å²) in [6.45, 7) is 7.59. The number of rotatable bonds is 17. The van der Waals surface area contributed by atoms with Gasteiger partial charge in [-0.05, 0) is 6.42 Å². The van der Waals surface area contributed by atoms with E-state index in [1.54, 1.807) is 4.90 Å². The SMILES string of the molecule is CCCCCCCCCCCCCCCCCCN1CC[NH+](C)C1. The van der Waals surface area contributed by atoms with E-state index in [2.05, 4.69) is 18.9 Å². The van der Waals surface area contributed by atoms with Gasteiger partial charge in [-0.3, -0.25) is 4.90 Å². The molecule has 0 amide bonds. The molecule has 1 rings (SSSR count). The minimum Gasteiger partial charge on any atom is -0.324 e. The van der Waals surface area contributed by atoms with Crippen molar-refractivity contribution in [2.24, 2.45) is 0 Å². The molecule has 1 aliphatic heterocycles. The van der Waals surface area contributed by atoms with Crippen LogP contribution in [0.5, 0.6) is 0 Å². The third-order valence-corrected chi connectivity index (χ3v) is 5.68. The van der Waals surface area contributed by atoms with Crippen LogP contribution in [0.25, 0.3) is 0 Å². The van der Waals surface area contributed by atoms with Crippen molar-refractivity contribution in [3.8, 4) is 0 Å².